The van der Waals surface area contributed by atoms with Gasteiger partial charge in [0.15, 0.2) is 0 Å². The van der Waals surface area contributed by atoms with Gasteiger partial charge in [-0.05, 0) is 49.7 Å². The zero-order chi connectivity index (χ0) is 66.7. The molecule has 2 saturated carbocycles. The molecule has 2 aromatic carbocycles. The fourth-order valence-electron chi connectivity index (χ4n) is 11.2. The molecule has 2 aliphatic carbocycles. The van der Waals surface area contributed by atoms with Crippen LogP contribution >= 0.6 is 0 Å². The molecule has 2 unspecified atom stereocenters. The minimum Gasteiger partial charge on any atom is -0.549 e. The molecule has 0 saturated heterocycles. The lowest BCUT2D eigenvalue weighted by molar-refractivity contribution is -0.314. The van der Waals surface area contributed by atoms with Gasteiger partial charge >= 0.3 is 0 Å². The number of benzene rings is 2. The quantitative estimate of drug-likeness (QED) is 0.0594. The van der Waals surface area contributed by atoms with Gasteiger partial charge < -0.3 is 109 Å². The minimum atomic E-state index is -1.61. The van der Waals surface area contributed by atoms with Gasteiger partial charge in [0, 0.05) is 155 Å². The number of carboxylic acid groups (broad SMARTS) is 10. The number of carboxylic acids is 10. The summed E-state index contributed by atoms with van der Waals surface area (Å²) in [6, 6.07) is 15.6. The summed E-state index contributed by atoms with van der Waals surface area (Å²) in [5.41, 5.74) is 1.68. The molecule has 2 amide bonds. The summed E-state index contributed by atoms with van der Waals surface area (Å²) in [4.78, 5) is 151. The van der Waals surface area contributed by atoms with Crippen LogP contribution in [0, 0.1) is 0 Å². The number of hydrogen-bond donors (Lipinski definition) is 0. The van der Waals surface area contributed by atoms with Gasteiger partial charge in [-0.15, -0.1) is 0 Å². The summed E-state index contributed by atoms with van der Waals surface area (Å²) in [6.07, 6.45) is 8.95. The second-order valence-electron chi connectivity index (χ2n) is 22.2. The van der Waals surface area contributed by atoms with Crippen molar-refractivity contribution in [2.45, 2.75) is 127 Å². The topological polar surface area (TPSA) is 461 Å². The first-order valence-corrected chi connectivity index (χ1v) is 29.8. The molecule has 0 bridgehead atoms. The number of rotatable bonds is 44. The molecule has 500 valence electrons. The van der Waals surface area contributed by atoms with Gasteiger partial charge in [0.05, 0.1) is 59.7 Å². The number of carbonyl (C=O) groups is 12. The summed E-state index contributed by atoms with van der Waals surface area (Å²) >= 11 is 0. The van der Waals surface area contributed by atoms with Gasteiger partial charge in [-0.3, -0.25) is 39.0 Å². The number of hydrogen-bond acceptors (Lipinski definition) is 28. The van der Waals surface area contributed by atoms with E-state index in [1.54, 1.807) is 4.90 Å². The van der Waals surface area contributed by atoms with Crippen LogP contribution in [0.4, 0.5) is 0 Å². The summed E-state index contributed by atoms with van der Waals surface area (Å²) in [6.45, 7) is -8.10. The average molecular weight is 1260 g/mol. The van der Waals surface area contributed by atoms with Crippen molar-refractivity contribution in [3.05, 3.63) is 71.8 Å². The third kappa shape index (κ3) is 31.3. The Balaban J connectivity index is 0.000000471. The maximum atomic E-state index is 13.7. The molecule has 2 aromatic rings. The second kappa shape index (κ2) is 41.2. The molecule has 0 aromatic heterocycles. The lowest BCUT2D eigenvalue weighted by Gasteiger charge is -2.42. The van der Waals surface area contributed by atoms with Crippen LogP contribution < -0.4 is 51.1 Å². The van der Waals surface area contributed by atoms with Crippen LogP contribution in [0.2, 0.25) is 0 Å². The van der Waals surface area contributed by atoms with Crippen molar-refractivity contribution in [2.24, 2.45) is 0 Å². The molecule has 2 aliphatic rings. The number of carbonyl (C=O) groups excluding carboxylic acids is 12. The van der Waals surface area contributed by atoms with Gasteiger partial charge in [-0.2, -0.15) is 0 Å². The fourth-order valence-corrected chi connectivity index (χ4v) is 11.2. The van der Waals surface area contributed by atoms with Crippen molar-refractivity contribution in [1.29, 1.82) is 0 Å². The first kappa shape index (κ1) is 76.1. The Kier molecular flexibility index (Phi) is 34.8. The van der Waals surface area contributed by atoms with Crippen LogP contribution in [-0.2, 0) is 70.6 Å². The Morgan fingerprint density at radius 1 is 0.344 bits per heavy atom. The molecule has 4 rings (SSSR count). The predicted octanol–water partition coefficient (Wildman–Crippen LogP) is -11.7. The van der Waals surface area contributed by atoms with E-state index in [9.17, 15) is 109 Å². The van der Waals surface area contributed by atoms with Crippen LogP contribution in [0.5, 0.6) is 0 Å². The number of amides is 2. The van der Waals surface area contributed by atoms with Gasteiger partial charge in [-0.25, -0.2) is 0 Å². The van der Waals surface area contributed by atoms with E-state index in [2.05, 4.69) is 0 Å². The van der Waals surface area contributed by atoms with Crippen molar-refractivity contribution < 1.29 is 109 Å². The van der Waals surface area contributed by atoms with Gasteiger partial charge in [0.1, 0.15) is 0 Å². The van der Waals surface area contributed by atoms with Gasteiger partial charge in [0.2, 0.25) is 11.8 Å². The molecule has 0 aliphatic heterocycles. The van der Waals surface area contributed by atoms with E-state index in [0.29, 0.717) is 0 Å². The summed E-state index contributed by atoms with van der Waals surface area (Å²) in [5, 5.41) is 114. The maximum Gasteiger partial charge on any atom is 0.223 e. The highest BCUT2D eigenvalue weighted by molar-refractivity contribution is 5.79. The second-order valence-corrected chi connectivity index (χ2v) is 22.2. The van der Waals surface area contributed by atoms with Crippen LogP contribution in [-0.4, -0.2) is 240 Å². The first-order valence-electron chi connectivity index (χ1n) is 29.8. The Bertz CT molecular complexity index is 2440. The van der Waals surface area contributed by atoms with Gasteiger partial charge in [0.25, 0.3) is 0 Å². The molecular weight excluding hydrogens is 1180 g/mol. The lowest BCUT2D eigenvalue weighted by atomic mass is 9.88. The van der Waals surface area contributed by atoms with Crippen molar-refractivity contribution in [3.8, 4) is 0 Å². The first-order chi connectivity index (χ1) is 42.7. The fraction of sp³-hybridized carbons (Fsp3) is 0.600. The van der Waals surface area contributed by atoms with Crippen LogP contribution in [0.25, 0.3) is 0 Å². The zero-order valence-electron chi connectivity index (χ0n) is 50.3. The van der Waals surface area contributed by atoms with Crippen LogP contribution in [0.1, 0.15) is 101 Å². The average Bonchev–Trinajstić information content (AvgIpc) is 1.19. The van der Waals surface area contributed by atoms with E-state index < -0.39 is 124 Å². The van der Waals surface area contributed by atoms with Crippen molar-refractivity contribution in [3.63, 3.8) is 0 Å². The van der Waals surface area contributed by atoms with Gasteiger partial charge in [-0.1, -0.05) is 99.2 Å². The maximum absolute atomic E-state index is 13.7. The van der Waals surface area contributed by atoms with E-state index in [1.807, 2.05) is 65.6 Å². The monoisotopic (exact) mass is 1260 g/mol. The molecule has 0 N–H and O–H groups in total. The van der Waals surface area contributed by atoms with Crippen molar-refractivity contribution in [1.82, 2.24) is 39.2 Å². The van der Waals surface area contributed by atoms with Crippen LogP contribution in [0.15, 0.2) is 60.7 Å². The molecule has 2 atom stereocenters. The summed E-state index contributed by atoms with van der Waals surface area (Å²) in [7, 11) is 0. The van der Waals surface area contributed by atoms with E-state index in [1.165, 1.54) is 9.80 Å². The SMILES string of the molecule is O=C([O-])CN(CCN(CCN(CC(=O)[O-])CC(=O)[O-])C(CCC(=O)N(C1CCCCC1)C1CCCCC1)C(=O)[O-])CC(=O)[O-].O=C([O-])CN(CCN(CCN(CC(=O)[O-])CC(=O)[O-])C(CCC(=O)N(Cc1ccccc1)Cc1ccccc1)C(=O)[O-])CC(=O)[O-]. The molecular formula is C60H78N8O22-10. The molecule has 30 heteroatoms. The van der Waals surface area contributed by atoms with E-state index in [0.717, 1.165) is 94.9 Å². The van der Waals surface area contributed by atoms with E-state index in [-0.39, 0.29) is 115 Å². The molecule has 90 heavy (non-hydrogen) atoms. The lowest BCUT2D eigenvalue weighted by Crippen LogP contribution is -2.55. The highest BCUT2D eigenvalue weighted by Gasteiger charge is 2.34. The Morgan fingerprint density at radius 3 is 0.844 bits per heavy atom. The van der Waals surface area contributed by atoms with Crippen molar-refractivity contribution in [2.75, 3.05) is 105 Å². The highest BCUT2D eigenvalue weighted by atomic mass is 16.4. The molecule has 0 radical (unpaired) electrons. The largest absolute Gasteiger partial charge is 0.549 e. The Hall–Kier alpha value is -8.16. The summed E-state index contributed by atoms with van der Waals surface area (Å²) < 4.78 is 0. The standard InChI is InChI=1S/C31H40N4O11.C29H48N4O11/c36-26(35(17-23-7-3-1-4-8-23)18-24-9-5-2-6-10-24)12-11-25(31(45)46)34(15-13-32(19-27(37)38)20-28(39)40)16-14-33(21-29(41)42)22-30(43)44;34-24(33(21-7-3-1-4-8-21)22-9-5-2-6-10-22)12-11-23(29(43)44)32(15-13-30(17-25(35)36)18-26(37)38)16-14-31(19-27(39)40)20-28(41)42/h1-10,25H,11-22H2,(H,37,38)(H,39,40)(H,41,42)(H,43,44)(H,45,46);21-23H,1-20H2,(H,35,36)(H,37,38)(H,39,40)(H,41,42)(H,43,44)/p-10. The molecule has 2 fully saturated rings. The summed E-state index contributed by atoms with van der Waals surface area (Å²) in [5.74, 6) is -16.4. The smallest absolute Gasteiger partial charge is 0.223 e. The number of aliphatic carboxylic acids is 10. The highest BCUT2D eigenvalue weighted by Crippen LogP contribution is 2.31. The minimum absolute atomic E-state index is 0.0856. The predicted molar refractivity (Wildman–Crippen MR) is 293 cm³/mol. The van der Waals surface area contributed by atoms with Crippen molar-refractivity contribution >= 4 is 71.5 Å². The van der Waals surface area contributed by atoms with E-state index >= 15 is 0 Å². The Morgan fingerprint density at radius 2 is 0.600 bits per heavy atom. The molecule has 0 heterocycles. The Labute approximate surface area is 521 Å². The number of nitrogens with zero attached hydrogens (tertiary/aromatic N) is 8. The third-order valence-corrected chi connectivity index (χ3v) is 15.3. The third-order valence-electron chi connectivity index (χ3n) is 15.3. The molecule has 30 nitrogen and oxygen atoms in total. The zero-order valence-corrected chi connectivity index (χ0v) is 50.3. The van der Waals surface area contributed by atoms with E-state index in [4.69, 9.17) is 0 Å². The van der Waals surface area contributed by atoms with Crippen LogP contribution in [0.3, 0.4) is 0 Å². The normalized spacial score (nSPS) is 14.4. The molecule has 0 spiro atoms.